The smallest absolute Gasteiger partial charge is 0.119 e. The number of hydrogen-bond donors (Lipinski definition) is 0. The Hall–Kier alpha value is -0.455. The molecule has 0 fully saturated rings. The molecule has 1 heterocycles. The summed E-state index contributed by atoms with van der Waals surface area (Å²) >= 11 is 0. The molecule has 0 amide bonds. The van der Waals surface area contributed by atoms with E-state index in [2.05, 4.69) is 40.1 Å². The molecule has 0 saturated carbocycles. The predicted molar refractivity (Wildman–Crippen MR) is 61.2 cm³/mol. The lowest BCUT2D eigenvalue weighted by Crippen LogP contribution is -2.07. The van der Waals surface area contributed by atoms with Gasteiger partial charge in [-0.15, -0.1) is 5.98 Å². The second-order valence-corrected chi connectivity index (χ2v) is 4.09. The maximum absolute atomic E-state index is 2.36. The van der Waals surface area contributed by atoms with Crippen LogP contribution in [0.4, 0.5) is 0 Å². The largest absolute Gasteiger partial charge is 0.150 e. The quantitative estimate of drug-likeness (QED) is 0.448. The second kappa shape index (κ2) is 5.31. The van der Waals surface area contributed by atoms with Gasteiger partial charge in [-0.25, -0.2) is 0 Å². The van der Waals surface area contributed by atoms with Crippen LogP contribution in [0.25, 0.3) is 0 Å². The third kappa shape index (κ3) is 3.42. The Morgan fingerprint density at radius 3 is 2.69 bits per heavy atom. The van der Waals surface area contributed by atoms with Crippen molar-refractivity contribution < 1.29 is 0 Å². The van der Waals surface area contributed by atoms with Gasteiger partial charge in [-0.3, -0.25) is 0 Å². The first-order chi connectivity index (χ1) is 6.24. The van der Waals surface area contributed by atoms with Crippen molar-refractivity contribution in [3.05, 3.63) is 23.2 Å². The molecule has 1 aliphatic heterocycles. The summed E-state index contributed by atoms with van der Waals surface area (Å²) < 4.78 is 0. The van der Waals surface area contributed by atoms with E-state index in [4.69, 9.17) is 0 Å². The topological polar surface area (TPSA) is 0 Å². The Morgan fingerprint density at radius 2 is 2.08 bits per heavy atom. The Labute approximate surface area is 83.4 Å². The standard InChI is InChI=1S/C12H20B/c1-4-5-6-7-12-11(3)8-10(2)9-13-12/h8-9,12H,4-7H2,1-3H3. The maximum atomic E-state index is 2.36. The number of unbranched alkanes of at least 4 members (excludes halogenated alkanes) is 2. The zero-order chi connectivity index (χ0) is 9.68. The van der Waals surface area contributed by atoms with Gasteiger partial charge >= 0.3 is 0 Å². The molecule has 0 N–H and O–H groups in total. The van der Waals surface area contributed by atoms with Crippen LogP contribution in [0.15, 0.2) is 23.2 Å². The van der Waals surface area contributed by atoms with Gasteiger partial charge < -0.3 is 0 Å². The fourth-order valence-electron chi connectivity index (χ4n) is 1.87. The van der Waals surface area contributed by atoms with Crippen molar-refractivity contribution in [2.45, 2.75) is 52.3 Å². The molecule has 0 aromatic rings. The fourth-order valence-corrected chi connectivity index (χ4v) is 1.87. The Bertz CT molecular complexity index is 213. The lowest BCUT2D eigenvalue weighted by Gasteiger charge is -2.19. The molecule has 0 aromatic heterocycles. The van der Waals surface area contributed by atoms with E-state index in [0.29, 0.717) is 0 Å². The van der Waals surface area contributed by atoms with Gasteiger partial charge in [0.05, 0.1) is 0 Å². The summed E-state index contributed by atoms with van der Waals surface area (Å²) in [5.41, 5.74) is 2.93. The molecule has 1 heteroatoms. The van der Waals surface area contributed by atoms with Gasteiger partial charge in [-0.05, 0) is 19.7 Å². The minimum atomic E-state index is 0.718. The molecule has 0 aliphatic carbocycles. The lowest BCUT2D eigenvalue weighted by molar-refractivity contribution is 0.661. The first kappa shape index (κ1) is 10.6. The molecule has 1 atom stereocenters. The molecule has 0 spiro atoms. The molecular formula is C12H20B. The van der Waals surface area contributed by atoms with E-state index in [1.54, 1.807) is 0 Å². The van der Waals surface area contributed by atoms with E-state index >= 15 is 0 Å². The van der Waals surface area contributed by atoms with Gasteiger partial charge in [-0.1, -0.05) is 49.8 Å². The third-order valence-corrected chi connectivity index (χ3v) is 2.75. The minimum absolute atomic E-state index is 0.718. The summed E-state index contributed by atoms with van der Waals surface area (Å²) in [6.45, 7) is 6.68. The number of allylic oxidation sites excluding steroid dienone is 3. The van der Waals surface area contributed by atoms with Gasteiger partial charge in [0, 0.05) is 0 Å². The van der Waals surface area contributed by atoms with Gasteiger partial charge in [0.2, 0.25) is 0 Å². The molecule has 13 heavy (non-hydrogen) atoms. The Balaban J connectivity index is 2.33. The SMILES string of the molecule is CCCCCC1[B]C=C(C)C=C1C. The Morgan fingerprint density at radius 1 is 1.31 bits per heavy atom. The maximum Gasteiger partial charge on any atom is 0.150 e. The van der Waals surface area contributed by atoms with Crippen LogP contribution in [-0.4, -0.2) is 7.28 Å². The van der Waals surface area contributed by atoms with E-state index in [9.17, 15) is 0 Å². The molecule has 1 rings (SSSR count). The summed E-state index contributed by atoms with van der Waals surface area (Å²) in [5.74, 6) is 2.97. The van der Waals surface area contributed by atoms with Crippen LogP contribution in [0.3, 0.4) is 0 Å². The van der Waals surface area contributed by atoms with E-state index < -0.39 is 0 Å². The van der Waals surface area contributed by atoms with Crippen LogP contribution in [0.1, 0.15) is 46.5 Å². The predicted octanol–water partition coefficient (Wildman–Crippen LogP) is 3.92. The monoisotopic (exact) mass is 175 g/mol. The van der Waals surface area contributed by atoms with Gasteiger partial charge in [0.1, 0.15) is 7.28 Å². The summed E-state index contributed by atoms with van der Waals surface area (Å²) in [6, 6.07) is 0. The summed E-state index contributed by atoms with van der Waals surface area (Å²) in [5, 5.41) is 0. The highest BCUT2D eigenvalue weighted by molar-refractivity contribution is 6.45. The first-order valence-corrected chi connectivity index (χ1v) is 5.44. The van der Waals surface area contributed by atoms with E-state index in [1.165, 1.54) is 36.8 Å². The lowest BCUT2D eigenvalue weighted by atomic mass is 9.56. The first-order valence-electron chi connectivity index (χ1n) is 5.44. The van der Waals surface area contributed by atoms with Crippen LogP contribution in [0.2, 0.25) is 5.82 Å². The van der Waals surface area contributed by atoms with Crippen LogP contribution >= 0.6 is 0 Å². The number of hydrogen-bond acceptors (Lipinski definition) is 0. The van der Waals surface area contributed by atoms with Crippen molar-refractivity contribution in [3.8, 4) is 0 Å². The molecule has 1 radical (unpaired) electrons. The van der Waals surface area contributed by atoms with Crippen molar-refractivity contribution in [1.29, 1.82) is 0 Å². The molecule has 1 unspecified atom stereocenters. The average molecular weight is 175 g/mol. The van der Waals surface area contributed by atoms with Crippen LogP contribution in [0, 0.1) is 0 Å². The normalized spacial score (nSPS) is 21.9. The number of rotatable bonds is 4. The Kier molecular flexibility index (Phi) is 4.34. The molecule has 0 saturated heterocycles. The van der Waals surface area contributed by atoms with E-state index in [-0.39, 0.29) is 0 Å². The highest BCUT2D eigenvalue weighted by Crippen LogP contribution is 2.28. The van der Waals surface area contributed by atoms with Crippen molar-refractivity contribution in [2.75, 3.05) is 0 Å². The van der Waals surface area contributed by atoms with Crippen LogP contribution in [0.5, 0.6) is 0 Å². The molecule has 0 bridgehead atoms. The molecule has 0 aromatic carbocycles. The van der Waals surface area contributed by atoms with E-state index in [1.807, 2.05) is 0 Å². The summed E-state index contributed by atoms with van der Waals surface area (Å²) in [7, 11) is 2.36. The van der Waals surface area contributed by atoms with Gasteiger partial charge in [0.15, 0.2) is 0 Å². The highest BCUT2D eigenvalue weighted by Gasteiger charge is 2.13. The highest BCUT2D eigenvalue weighted by atomic mass is 14.1. The summed E-state index contributed by atoms with van der Waals surface area (Å²) in [4.78, 5) is 0. The second-order valence-electron chi connectivity index (χ2n) is 4.09. The van der Waals surface area contributed by atoms with Crippen molar-refractivity contribution >= 4 is 7.28 Å². The fraction of sp³-hybridized carbons (Fsp3) is 0.667. The average Bonchev–Trinajstić information content (AvgIpc) is 2.09. The van der Waals surface area contributed by atoms with Gasteiger partial charge in [-0.2, -0.15) is 0 Å². The van der Waals surface area contributed by atoms with Gasteiger partial charge in [0.25, 0.3) is 0 Å². The third-order valence-electron chi connectivity index (χ3n) is 2.75. The summed E-state index contributed by atoms with van der Waals surface area (Å²) in [6.07, 6.45) is 7.72. The van der Waals surface area contributed by atoms with Crippen LogP contribution in [-0.2, 0) is 0 Å². The van der Waals surface area contributed by atoms with Crippen molar-refractivity contribution in [2.24, 2.45) is 0 Å². The molecular weight excluding hydrogens is 155 g/mol. The van der Waals surface area contributed by atoms with E-state index in [0.717, 1.165) is 5.82 Å². The van der Waals surface area contributed by atoms with Crippen molar-refractivity contribution in [3.63, 3.8) is 0 Å². The minimum Gasteiger partial charge on any atom is -0.119 e. The molecule has 71 valence electrons. The zero-order valence-electron chi connectivity index (χ0n) is 9.14. The zero-order valence-corrected chi connectivity index (χ0v) is 9.14. The van der Waals surface area contributed by atoms with Crippen molar-refractivity contribution in [1.82, 2.24) is 0 Å². The molecule has 0 nitrogen and oxygen atoms in total. The van der Waals surface area contributed by atoms with Crippen LogP contribution < -0.4 is 0 Å². The molecule has 1 aliphatic rings.